The maximum absolute atomic E-state index is 13.5. The summed E-state index contributed by atoms with van der Waals surface area (Å²) in [4.78, 5) is 34.9. The number of anilines is 1. The lowest BCUT2D eigenvalue weighted by Gasteiger charge is -2.34. The number of ether oxygens (including phenoxy) is 3. The van der Waals surface area contributed by atoms with Crippen molar-refractivity contribution in [3.8, 4) is 11.5 Å². The summed E-state index contributed by atoms with van der Waals surface area (Å²) in [7, 11) is 5.31. The lowest BCUT2D eigenvalue weighted by atomic mass is 9.79. The number of pyridine rings is 1. The number of hydrogen-bond donors (Lipinski definition) is 3. The summed E-state index contributed by atoms with van der Waals surface area (Å²) in [5, 5.41) is 11.1. The van der Waals surface area contributed by atoms with Crippen LogP contribution in [0.3, 0.4) is 0 Å². The molecule has 47 heavy (non-hydrogen) atoms. The summed E-state index contributed by atoms with van der Waals surface area (Å²) in [5.41, 5.74) is 2.61. The van der Waals surface area contributed by atoms with E-state index in [9.17, 15) is 9.59 Å². The first kappa shape index (κ1) is 33.9. The van der Waals surface area contributed by atoms with Crippen LogP contribution in [0.25, 0.3) is 10.8 Å². The van der Waals surface area contributed by atoms with Crippen LogP contribution in [-0.2, 0) is 9.47 Å². The average molecular weight is 643 g/mol. The highest BCUT2D eigenvalue weighted by molar-refractivity contribution is 6.04. The van der Waals surface area contributed by atoms with Crippen molar-refractivity contribution in [3.05, 3.63) is 83.5 Å². The van der Waals surface area contributed by atoms with Gasteiger partial charge in [-0.1, -0.05) is 50.6 Å². The Morgan fingerprint density at radius 3 is 2.38 bits per heavy atom. The van der Waals surface area contributed by atoms with Crippen molar-refractivity contribution in [2.75, 3.05) is 52.8 Å². The van der Waals surface area contributed by atoms with Gasteiger partial charge in [-0.2, -0.15) is 0 Å². The second kappa shape index (κ2) is 14.5. The molecule has 3 amide bonds. The van der Waals surface area contributed by atoms with E-state index >= 15 is 0 Å². The number of carbonyl (C=O) groups excluding carboxylic acids is 2. The third-order valence-corrected chi connectivity index (χ3v) is 8.65. The molecule has 0 radical (unpaired) electrons. The van der Waals surface area contributed by atoms with Crippen molar-refractivity contribution in [3.63, 3.8) is 0 Å². The van der Waals surface area contributed by atoms with E-state index in [1.807, 2.05) is 54.3 Å². The predicted molar refractivity (Wildman–Crippen MR) is 183 cm³/mol. The normalized spacial score (nSPS) is 18.1. The molecule has 11 nitrogen and oxygen atoms in total. The van der Waals surface area contributed by atoms with Gasteiger partial charge in [-0.3, -0.25) is 15.1 Å². The number of piperazine rings is 1. The Hall–Kier alpha value is -4.45. The van der Waals surface area contributed by atoms with E-state index in [2.05, 4.69) is 53.7 Å². The predicted octanol–water partition coefficient (Wildman–Crippen LogP) is 5.72. The third-order valence-electron chi connectivity index (χ3n) is 8.65. The van der Waals surface area contributed by atoms with Gasteiger partial charge in [-0.15, -0.1) is 0 Å². The standard InChI is InChI=1S/C36H46N6O5/c1-23(45-6)38-29-20-24(36(2,3)4)21-30(33(29)46-7)40-35(44)39-28-12-13-32(27-11-9-8-10-26(27)28)47-25-14-15-37-31(22-25)34(43)42-18-16-41(5)17-19-42/h8-15,21-23,29,38H,16-20H2,1-7H3,(H2,39,40,44). The zero-order valence-corrected chi connectivity index (χ0v) is 28.3. The smallest absolute Gasteiger partial charge is 0.323 e. The lowest BCUT2D eigenvalue weighted by molar-refractivity contribution is 0.0657. The van der Waals surface area contributed by atoms with Gasteiger partial charge in [0.15, 0.2) is 0 Å². The SMILES string of the molecule is COC1=C(NC(=O)Nc2ccc(Oc3ccnc(C(=O)N4CCN(C)CC4)c3)c3ccccc23)C=C(C(C)(C)C)CC1NC(C)OC. The van der Waals surface area contributed by atoms with Crippen LogP contribution in [0.2, 0.25) is 0 Å². The molecule has 3 N–H and O–H groups in total. The number of methoxy groups -OCH3 is 2. The molecule has 1 saturated heterocycles. The van der Waals surface area contributed by atoms with E-state index in [0.717, 1.165) is 30.3 Å². The fraction of sp³-hybridized carbons (Fsp3) is 0.417. The van der Waals surface area contributed by atoms with E-state index in [-0.39, 0.29) is 23.6 Å². The van der Waals surface area contributed by atoms with Crippen LogP contribution in [0.15, 0.2) is 77.8 Å². The number of rotatable bonds is 9. The van der Waals surface area contributed by atoms with Crippen molar-refractivity contribution in [1.29, 1.82) is 0 Å². The number of allylic oxidation sites excluding steroid dienone is 1. The minimum atomic E-state index is -0.403. The van der Waals surface area contributed by atoms with E-state index in [1.165, 1.54) is 5.57 Å². The van der Waals surface area contributed by atoms with Crippen LogP contribution in [0.5, 0.6) is 11.5 Å². The van der Waals surface area contributed by atoms with Crippen molar-refractivity contribution >= 4 is 28.4 Å². The number of urea groups is 1. The van der Waals surface area contributed by atoms with E-state index < -0.39 is 6.03 Å². The first-order valence-electron chi connectivity index (χ1n) is 16.0. The van der Waals surface area contributed by atoms with E-state index in [1.54, 1.807) is 32.5 Å². The maximum atomic E-state index is 13.5. The average Bonchev–Trinajstić information content (AvgIpc) is 3.05. The van der Waals surface area contributed by atoms with Crippen LogP contribution in [0.1, 0.15) is 44.6 Å². The zero-order valence-electron chi connectivity index (χ0n) is 28.3. The molecule has 2 aromatic carbocycles. The van der Waals surface area contributed by atoms with Crippen LogP contribution < -0.4 is 20.7 Å². The minimum absolute atomic E-state index is 0.108. The number of likely N-dealkylation sites (N-methyl/N-ethyl adjacent to an activating group) is 1. The van der Waals surface area contributed by atoms with E-state index in [4.69, 9.17) is 14.2 Å². The molecule has 2 aliphatic rings. The molecule has 0 bridgehead atoms. The molecule has 2 atom stereocenters. The molecular weight excluding hydrogens is 596 g/mol. The van der Waals surface area contributed by atoms with Gasteiger partial charge in [0, 0.05) is 56.3 Å². The third kappa shape index (κ3) is 8.10. The van der Waals surface area contributed by atoms with Gasteiger partial charge in [0.1, 0.15) is 29.2 Å². The van der Waals surface area contributed by atoms with Crippen LogP contribution in [0, 0.1) is 5.41 Å². The number of nitrogens with one attached hydrogen (secondary N) is 3. The molecule has 1 fully saturated rings. The van der Waals surface area contributed by atoms with Gasteiger partial charge < -0.3 is 34.6 Å². The molecule has 5 rings (SSSR count). The summed E-state index contributed by atoms with van der Waals surface area (Å²) >= 11 is 0. The summed E-state index contributed by atoms with van der Waals surface area (Å²) < 4.78 is 17.6. The fourth-order valence-electron chi connectivity index (χ4n) is 5.80. The Kier molecular flexibility index (Phi) is 10.5. The fourth-order valence-corrected chi connectivity index (χ4v) is 5.80. The lowest BCUT2D eigenvalue weighted by Crippen LogP contribution is -2.47. The van der Waals surface area contributed by atoms with E-state index in [0.29, 0.717) is 47.4 Å². The second-order valence-corrected chi connectivity index (χ2v) is 13.0. The molecule has 0 spiro atoms. The molecular formula is C36H46N6O5. The van der Waals surface area contributed by atoms with Gasteiger partial charge in [0.25, 0.3) is 5.91 Å². The molecule has 2 heterocycles. The second-order valence-electron chi connectivity index (χ2n) is 13.0. The highest BCUT2D eigenvalue weighted by Crippen LogP contribution is 2.37. The molecule has 1 aliphatic carbocycles. The number of carbonyl (C=O) groups is 2. The van der Waals surface area contributed by atoms with Gasteiger partial charge in [0.2, 0.25) is 0 Å². The number of aromatic nitrogens is 1. The van der Waals surface area contributed by atoms with Crippen molar-refractivity contribution in [1.82, 2.24) is 25.4 Å². The molecule has 3 aromatic rings. The van der Waals surface area contributed by atoms with Crippen LogP contribution in [0.4, 0.5) is 10.5 Å². The van der Waals surface area contributed by atoms with Crippen LogP contribution >= 0.6 is 0 Å². The molecule has 1 aliphatic heterocycles. The largest absolute Gasteiger partial charge is 0.497 e. The monoisotopic (exact) mass is 642 g/mol. The number of benzene rings is 2. The van der Waals surface area contributed by atoms with Gasteiger partial charge in [-0.05, 0) is 50.1 Å². The quantitative estimate of drug-likeness (QED) is 0.254. The first-order valence-corrected chi connectivity index (χ1v) is 16.0. The van der Waals surface area contributed by atoms with Gasteiger partial charge >= 0.3 is 6.03 Å². The first-order chi connectivity index (χ1) is 22.5. The number of nitrogens with zero attached hydrogens (tertiary/aromatic N) is 3. The Bertz CT molecular complexity index is 1670. The van der Waals surface area contributed by atoms with Gasteiger partial charge in [0.05, 0.1) is 24.5 Å². The summed E-state index contributed by atoms with van der Waals surface area (Å²) in [6, 6.07) is 14.1. The Morgan fingerprint density at radius 2 is 1.70 bits per heavy atom. The van der Waals surface area contributed by atoms with Crippen LogP contribution in [-0.4, -0.2) is 86.4 Å². The number of fused-ring (bicyclic) bond motifs is 1. The Balaban J connectivity index is 1.36. The molecule has 1 aromatic heterocycles. The van der Waals surface area contributed by atoms with Crippen molar-refractivity contribution in [2.45, 2.75) is 46.4 Å². The number of hydrogen-bond acceptors (Lipinski definition) is 8. The molecule has 250 valence electrons. The summed E-state index contributed by atoms with van der Waals surface area (Å²) in [6.07, 6.45) is 4.11. The van der Waals surface area contributed by atoms with Crippen molar-refractivity contribution in [2.24, 2.45) is 5.41 Å². The topological polar surface area (TPSA) is 117 Å². The van der Waals surface area contributed by atoms with Crippen molar-refractivity contribution < 1.29 is 23.8 Å². The number of amides is 3. The summed E-state index contributed by atoms with van der Waals surface area (Å²) in [5.74, 6) is 1.62. The Labute approximate surface area is 276 Å². The molecule has 2 unspecified atom stereocenters. The van der Waals surface area contributed by atoms with Gasteiger partial charge in [-0.25, -0.2) is 4.79 Å². The molecule has 0 saturated carbocycles. The minimum Gasteiger partial charge on any atom is -0.497 e. The molecule has 11 heteroatoms. The Morgan fingerprint density at radius 1 is 0.979 bits per heavy atom. The highest BCUT2D eigenvalue weighted by atomic mass is 16.5. The summed E-state index contributed by atoms with van der Waals surface area (Å²) in [6.45, 7) is 11.4. The maximum Gasteiger partial charge on any atom is 0.323 e. The highest BCUT2D eigenvalue weighted by Gasteiger charge is 2.31. The zero-order chi connectivity index (χ0) is 33.7.